The van der Waals surface area contributed by atoms with Gasteiger partial charge in [0.1, 0.15) is 5.82 Å². The number of halogens is 3. The van der Waals surface area contributed by atoms with Crippen LogP contribution in [0.25, 0.3) is 0 Å². The Morgan fingerprint density at radius 2 is 1.89 bits per heavy atom. The number of anilines is 2. The minimum Gasteiger partial charge on any atom is -0.323 e. The smallest absolute Gasteiger partial charge is 0.259 e. The lowest BCUT2D eigenvalue weighted by Gasteiger charge is -2.04. The Bertz CT molecular complexity index is 1030. The summed E-state index contributed by atoms with van der Waals surface area (Å²) in [7, 11) is 0. The summed E-state index contributed by atoms with van der Waals surface area (Å²) >= 11 is 14.1. The highest BCUT2D eigenvalue weighted by Crippen LogP contribution is 2.27. The Kier molecular flexibility index (Phi) is 6.84. The fourth-order valence-electron chi connectivity index (χ4n) is 2.03. The van der Waals surface area contributed by atoms with E-state index in [0.717, 1.165) is 23.1 Å². The lowest BCUT2D eigenvalue weighted by atomic mass is 10.2. The second-order valence-electron chi connectivity index (χ2n) is 5.27. The molecule has 2 aromatic carbocycles. The molecule has 0 atom stereocenters. The van der Waals surface area contributed by atoms with E-state index in [2.05, 4.69) is 20.8 Å². The number of carbonyl (C=O) groups is 2. The highest BCUT2D eigenvalue weighted by Gasteiger charge is 2.15. The van der Waals surface area contributed by atoms with Crippen LogP contribution in [0.1, 0.15) is 10.4 Å². The monoisotopic (exact) mass is 456 g/mol. The van der Waals surface area contributed by atoms with E-state index in [-0.39, 0.29) is 33.1 Å². The SMILES string of the molecule is O=C(CSc1nnc(NC(=O)c2cc(Cl)ccc2Cl)s1)Nc1ccccc1F. The molecule has 2 amide bonds. The Morgan fingerprint density at radius 3 is 2.68 bits per heavy atom. The first kappa shape index (κ1) is 20.5. The third-order valence-corrected chi connectivity index (χ3v) is 5.81. The van der Waals surface area contributed by atoms with E-state index in [0.29, 0.717) is 9.36 Å². The predicted molar refractivity (Wildman–Crippen MR) is 110 cm³/mol. The Hall–Kier alpha value is -2.20. The summed E-state index contributed by atoms with van der Waals surface area (Å²) in [4.78, 5) is 24.2. The zero-order valence-corrected chi connectivity index (χ0v) is 17.1. The molecular formula is C17H11Cl2FN4O2S2. The zero-order chi connectivity index (χ0) is 20.1. The highest BCUT2D eigenvalue weighted by atomic mass is 35.5. The summed E-state index contributed by atoms with van der Waals surface area (Å²) in [6.07, 6.45) is 0. The molecule has 0 saturated heterocycles. The van der Waals surface area contributed by atoms with Crippen LogP contribution in [0.15, 0.2) is 46.8 Å². The standard InChI is InChI=1S/C17H11Cl2FN4O2S2/c18-9-5-6-11(19)10(7-9)15(26)22-16-23-24-17(28-16)27-8-14(25)21-13-4-2-1-3-12(13)20/h1-7H,8H2,(H,21,25)(H,22,23,26). The van der Waals surface area contributed by atoms with Crippen molar-refractivity contribution in [1.29, 1.82) is 0 Å². The van der Waals surface area contributed by atoms with Gasteiger partial charge in [0.15, 0.2) is 4.34 Å². The number of aromatic nitrogens is 2. The first-order valence-corrected chi connectivity index (χ1v) is 10.3. The number of carbonyl (C=O) groups excluding carboxylic acids is 2. The number of thioether (sulfide) groups is 1. The van der Waals surface area contributed by atoms with Crippen LogP contribution in [-0.2, 0) is 4.79 Å². The largest absolute Gasteiger partial charge is 0.323 e. The molecule has 2 N–H and O–H groups in total. The second-order valence-corrected chi connectivity index (χ2v) is 8.31. The summed E-state index contributed by atoms with van der Waals surface area (Å²) in [6, 6.07) is 10.4. The Morgan fingerprint density at radius 1 is 1.11 bits per heavy atom. The number of benzene rings is 2. The Labute approximate surface area is 177 Å². The highest BCUT2D eigenvalue weighted by molar-refractivity contribution is 8.01. The molecule has 0 radical (unpaired) electrons. The molecule has 28 heavy (non-hydrogen) atoms. The lowest BCUT2D eigenvalue weighted by molar-refractivity contribution is -0.113. The summed E-state index contributed by atoms with van der Waals surface area (Å²) in [6.45, 7) is 0. The molecule has 6 nitrogen and oxygen atoms in total. The van der Waals surface area contributed by atoms with Crippen LogP contribution in [0.3, 0.4) is 0 Å². The first-order valence-electron chi connectivity index (χ1n) is 7.69. The quantitative estimate of drug-likeness (QED) is 0.404. The van der Waals surface area contributed by atoms with Crippen LogP contribution in [0.5, 0.6) is 0 Å². The van der Waals surface area contributed by atoms with Crippen molar-refractivity contribution < 1.29 is 14.0 Å². The Balaban J connectivity index is 1.55. The van der Waals surface area contributed by atoms with Gasteiger partial charge >= 0.3 is 0 Å². The van der Waals surface area contributed by atoms with E-state index in [4.69, 9.17) is 23.2 Å². The predicted octanol–water partition coefficient (Wildman–Crippen LogP) is 4.97. The molecule has 0 bridgehead atoms. The van der Waals surface area contributed by atoms with Gasteiger partial charge < -0.3 is 5.32 Å². The third-order valence-electron chi connectivity index (χ3n) is 3.27. The summed E-state index contributed by atoms with van der Waals surface area (Å²) in [5.41, 5.74) is 0.319. The average Bonchev–Trinajstić information content (AvgIpc) is 3.11. The van der Waals surface area contributed by atoms with Gasteiger partial charge in [-0.1, -0.05) is 58.4 Å². The molecule has 0 aliphatic heterocycles. The van der Waals surface area contributed by atoms with Gasteiger partial charge in [0.25, 0.3) is 5.91 Å². The van der Waals surface area contributed by atoms with Gasteiger partial charge in [-0.2, -0.15) is 0 Å². The van der Waals surface area contributed by atoms with Gasteiger partial charge in [-0.05, 0) is 30.3 Å². The van der Waals surface area contributed by atoms with Crippen LogP contribution in [-0.4, -0.2) is 27.8 Å². The van der Waals surface area contributed by atoms with Crippen molar-refractivity contribution >= 4 is 68.9 Å². The van der Waals surface area contributed by atoms with Crippen LogP contribution < -0.4 is 10.6 Å². The van der Waals surface area contributed by atoms with Crippen molar-refractivity contribution in [1.82, 2.24) is 10.2 Å². The number of nitrogens with one attached hydrogen (secondary N) is 2. The van der Waals surface area contributed by atoms with E-state index < -0.39 is 11.7 Å². The molecular weight excluding hydrogens is 446 g/mol. The van der Waals surface area contributed by atoms with Gasteiger partial charge in [-0.25, -0.2) is 4.39 Å². The summed E-state index contributed by atoms with van der Waals surface area (Å²) in [5.74, 6) is -1.36. The van der Waals surface area contributed by atoms with Crippen molar-refractivity contribution in [3.63, 3.8) is 0 Å². The average molecular weight is 457 g/mol. The third kappa shape index (κ3) is 5.41. The minimum absolute atomic E-state index is 0.0109. The number of hydrogen-bond donors (Lipinski definition) is 2. The molecule has 0 spiro atoms. The van der Waals surface area contributed by atoms with Crippen LogP contribution in [0, 0.1) is 5.82 Å². The number of nitrogens with zero attached hydrogens (tertiary/aromatic N) is 2. The second kappa shape index (κ2) is 9.33. The van der Waals surface area contributed by atoms with E-state index in [9.17, 15) is 14.0 Å². The van der Waals surface area contributed by atoms with Crippen molar-refractivity contribution in [2.45, 2.75) is 4.34 Å². The van der Waals surface area contributed by atoms with Gasteiger partial charge in [-0.3, -0.25) is 14.9 Å². The van der Waals surface area contributed by atoms with Crippen molar-refractivity contribution in [3.8, 4) is 0 Å². The van der Waals surface area contributed by atoms with Gasteiger partial charge in [0.05, 0.1) is 22.0 Å². The maximum Gasteiger partial charge on any atom is 0.259 e. The van der Waals surface area contributed by atoms with Gasteiger partial charge in [-0.15, -0.1) is 10.2 Å². The molecule has 11 heteroatoms. The van der Waals surface area contributed by atoms with Crippen molar-refractivity contribution in [3.05, 3.63) is 63.9 Å². The van der Waals surface area contributed by atoms with E-state index >= 15 is 0 Å². The molecule has 144 valence electrons. The molecule has 0 aliphatic rings. The minimum atomic E-state index is -0.513. The molecule has 0 unspecified atom stereocenters. The molecule has 1 heterocycles. The molecule has 1 aromatic heterocycles. The number of rotatable bonds is 6. The molecule has 0 fully saturated rings. The fourth-order valence-corrected chi connectivity index (χ4v) is 3.95. The lowest BCUT2D eigenvalue weighted by Crippen LogP contribution is -2.14. The van der Waals surface area contributed by atoms with Gasteiger partial charge in [0, 0.05) is 5.02 Å². The normalized spacial score (nSPS) is 10.5. The maximum atomic E-state index is 13.5. The fraction of sp³-hybridized carbons (Fsp3) is 0.0588. The van der Waals surface area contributed by atoms with Gasteiger partial charge in [0.2, 0.25) is 11.0 Å². The maximum absolute atomic E-state index is 13.5. The molecule has 0 aliphatic carbocycles. The van der Waals surface area contributed by atoms with E-state index in [1.165, 1.54) is 30.3 Å². The van der Waals surface area contributed by atoms with Crippen LogP contribution in [0.4, 0.5) is 15.2 Å². The van der Waals surface area contributed by atoms with Crippen LogP contribution in [0.2, 0.25) is 10.0 Å². The van der Waals surface area contributed by atoms with E-state index in [1.54, 1.807) is 12.1 Å². The number of hydrogen-bond acceptors (Lipinski definition) is 6. The van der Waals surface area contributed by atoms with E-state index in [1.807, 2.05) is 0 Å². The molecule has 0 saturated carbocycles. The van der Waals surface area contributed by atoms with Crippen molar-refractivity contribution in [2.75, 3.05) is 16.4 Å². The number of amides is 2. The topological polar surface area (TPSA) is 84.0 Å². The van der Waals surface area contributed by atoms with Crippen molar-refractivity contribution in [2.24, 2.45) is 0 Å². The number of para-hydroxylation sites is 1. The summed E-state index contributed by atoms with van der Waals surface area (Å²) < 4.78 is 14.0. The molecule has 3 rings (SSSR count). The first-order chi connectivity index (χ1) is 13.4. The zero-order valence-electron chi connectivity index (χ0n) is 13.9. The van der Waals surface area contributed by atoms with Crippen LogP contribution >= 0.6 is 46.3 Å². The summed E-state index contributed by atoms with van der Waals surface area (Å²) in [5, 5.41) is 13.7. The molecule has 3 aromatic rings.